The Morgan fingerprint density at radius 3 is 2.33 bits per heavy atom. The summed E-state index contributed by atoms with van der Waals surface area (Å²) in [6.45, 7) is 1.99. The molecule has 2 heterocycles. The Labute approximate surface area is 92.8 Å². The van der Waals surface area contributed by atoms with Crippen molar-refractivity contribution in [1.29, 1.82) is 0 Å². The Hall–Kier alpha value is -0.0800. The summed E-state index contributed by atoms with van der Waals surface area (Å²) in [4.78, 5) is 0. The van der Waals surface area contributed by atoms with Crippen LogP contribution in [0.25, 0.3) is 0 Å². The van der Waals surface area contributed by atoms with Gasteiger partial charge in [0.1, 0.15) is 0 Å². The predicted octanol–water partition coefficient (Wildman–Crippen LogP) is 2.33. The van der Waals surface area contributed by atoms with Crippen LogP contribution in [0.3, 0.4) is 0 Å². The van der Waals surface area contributed by atoms with Crippen molar-refractivity contribution in [3.63, 3.8) is 0 Å². The van der Waals surface area contributed by atoms with Crippen LogP contribution in [0.1, 0.15) is 44.9 Å². The summed E-state index contributed by atoms with van der Waals surface area (Å²) in [6.07, 6.45) is 9.86. The molecule has 15 heavy (non-hydrogen) atoms. The average molecular weight is 209 g/mol. The van der Waals surface area contributed by atoms with Crippen LogP contribution in [0, 0.1) is 11.8 Å². The summed E-state index contributed by atoms with van der Waals surface area (Å²) < 4.78 is 5.45. The van der Waals surface area contributed by atoms with Crippen LogP contribution < -0.4 is 5.32 Å². The molecule has 0 aromatic carbocycles. The zero-order chi connectivity index (χ0) is 10.1. The smallest absolute Gasteiger partial charge is 0.0469 e. The Balaban J connectivity index is 1.58. The summed E-state index contributed by atoms with van der Waals surface area (Å²) >= 11 is 0. The first kappa shape index (κ1) is 10.1. The zero-order valence-corrected chi connectivity index (χ0v) is 9.58. The highest BCUT2D eigenvalue weighted by Crippen LogP contribution is 2.36. The SMILES string of the molecule is C1CC2CCC(C3CCOCC3)NC2C1. The van der Waals surface area contributed by atoms with E-state index >= 15 is 0 Å². The van der Waals surface area contributed by atoms with E-state index in [-0.39, 0.29) is 0 Å². The molecule has 1 saturated carbocycles. The largest absolute Gasteiger partial charge is 0.381 e. The summed E-state index contributed by atoms with van der Waals surface area (Å²) in [5, 5.41) is 3.93. The number of piperidine rings is 1. The molecule has 3 fully saturated rings. The van der Waals surface area contributed by atoms with Gasteiger partial charge < -0.3 is 10.1 Å². The molecule has 2 saturated heterocycles. The Morgan fingerprint density at radius 2 is 1.47 bits per heavy atom. The van der Waals surface area contributed by atoms with E-state index < -0.39 is 0 Å². The molecule has 0 amide bonds. The number of hydrogen-bond donors (Lipinski definition) is 1. The molecule has 0 bridgehead atoms. The molecule has 2 heteroatoms. The summed E-state index contributed by atoms with van der Waals surface area (Å²) in [7, 11) is 0. The van der Waals surface area contributed by atoms with E-state index in [0.29, 0.717) is 0 Å². The van der Waals surface area contributed by atoms with Crippen molar-refractivity contribution in [2.45, 2.75) is 57.0 Å². The maximum atomic E-state index is 5.45. The number of fused-ring (bicyclic) bond motifs is 1. The van der Waals surface area contributed by atoms with Crippen LogP contribution in [0.4, 0.5) is 0 Å². The lowest BCUT2D eigenvalue weighted by Crippen LogP contribution is -2.49. The van der Waals surface area contributed by atoms with Gasteiger partial charge in [0.2, 0.25) is 0 Å². The van der Waals surface area contributed by atoms with Gasteiger partial charge in [-0.25, -0.2) is 0 Å². The second kappa shape index (κ2) is 4.42. The van der Waals surface area contributed by atoms with E-state index in [0.717, 1.165) is 37.1 Å². The molecular formula is C13H23NO. The molecule has 86 valence electrons. The van der Waals surface area contributed by atoms with Gasteiger partial charge in [-0.2, -0.15) is 0 Å². The molecular weight excluding hydrogens is 186 g/mol. The number of ether oxygens (including phenoxy) is 1. The van der Waals surface area contributed by atoms with Gasteiger partial charge >= 0.3 is 0 Å². The maximum absolute atomic E-state index is 5.45. The lowest BCUT2D eigenvalue weighted by atomic mass is 9.81. The van der Waals surface area contributed by atoms with Crippen molar-refractivity contribution in [3.8, 4) is 0 Å². The van der Waals surface area contributed by atoms with Crippen LogP contribution in [-0.4, -0.2) is 25.3 Å². The van der Waals surface area contributed by atoms with Crippen LogP contribution in [-0.2, 0) is 4.74 Å². The normalized spacial score (nSPS) is 42.8. The minimum absolute atomic E-state index is 0.813. The first-order valence-electron chi connectivity index (χ1n) is 6.77. The first-order chi connectivity index (χ1) is 7.43. The molecule has 3 rings (SSSR count). The highest BCUT2D eigenvalue weighted by molar-refractivity contribution is 4.93. The van der Waals surface area contributed by atoms with Crippen LogP contribution in [0.5, 0.6) is 0 Å². The van der Waals surface area contributed by atoms with Crippen LogP contribution in [0.15, 0.2) is 0 Å². The standard InChI is InChI=1S/C13H23NO/c1-2-10-4-5-13(14-12(10)3-1)11-6-8-15-9-7-11/h10-14H,1-9H2. The zero-order valence-electron chi connectivity index (χ0n) is 9.58. The van der Waals surface area contributed by atoms with E-state index in [4.69, 9.17) is 4.74 Å². The van der Waals surface area contributed by atoms with E-state index in [2.05, 4.69) is 5.32 Å². The van der Waals surface area contributed by atoms with E-state index in [1.165, 1.54) is 44.9 Å². The van der Waals surface area contributed by atoms with Crippen LogP contribution in [0.2, 0.25) is 0 Å². The van der Waals surface area contributed by atoms with E-state index in [1.54, 1.807) is 0 Å². The Kier molecular flexibility index (Phi) is 2.98. The van der Waals surface area contributed by atoms with Gasteiger partial charge in [-0.1, -0.05) is 6.42 Å². The molecule has 0 aromatic rings. The quantitative estimate of drug-likeness (QED) is 0.715. The minimum Gasteiger partial charge on any atom is -0.381 e. The molecule has 3 atom stereocenters. The summed E-state index contributed by atoms with van der Waals surface area (Å²) in [6, 6.07) is 1.68. The molecule has 2 aliphatic heterocycles. The van der Waals surface area contributed by atoms with Gasteiger partial charge in [-0.05, 0) is 50.4 Å². The van der Waals surface area contributed by atoms with Crippen molar-refractivity contribution in [2.24, 2.45) is 11.8 Å². The van der Waals surface area contributed by atoms with Crippen LogP contribution >= 0.6 is 0 Å². The fourth-order valence-electron chi connectivity index (χ4n) is 3.84. The van der Waals surface area contributed by atoms with Crippen molar-refractivity contribution in [2.75, 3.05) is 13.2 Å². The Bertz CT molecular complexity index is 213. The second-order valence-electron chi connectivity index (χ2n) is 5.60. The molecule has 3 unspecified atom stereocenters. The molecule has 0 radical (unpaired) electrons. The monoisotopic (exact) mass is 209 g/mol. The lowest BCUT2D eigenvalue weighted by molar-refractivity contribution is 0.0436. The predicted molar refractivity (Wildman–Crippen MR) is 60.8 cm³/mol. The van der Waals surface area contributed by atoms with Crippen molar-refractivity contribution in [3.05, 3.63) is 0 Å². The summed E-state index contributed by atoms with van der Waals surface area (Å²) in [5.41, 5.74) is 0. The number of rotatable bonds is 1. The third kappa shape index (κ3) is 2.07. The topological polar surface area (TPSA) is 21.3 Å². The number of nitrogens with one attached hydrogen (secondary N) is 1. The first-order valence-corrected chi connectivity index (χ1v) is 6.77. The molecule has 1 aliphatic carbocycles. The van der Waals surface area contributed by atoms with E-state index in [1.807, 2.05) is 0 Å². The second-order valence-corrected chi connectivity index (χ2v) is 5.60. The van der Waals surface area contributed by atoms with Gasteiger partial charge in [0.15, 0.2) is 0 Å². The van der Waals surface area contributed by atoms with Gasteiger partial charge in [-0.15, -0.1) is 0 Å². The lowest BCUT2D eigenvalue weighted by Gasteiger charge is -2.39. The van der Waals surface area contributed by atoms with Gasteiger partial charge in [-0.3, -0.25) is 0 Å². The molecule has 3 aliphatic rings. The fourth-order valence-corrected chi connectivity index (χ4v) is 3.84. The van der Waals surface area contributed by atoms with E-state index in [9.17, 15) is 0 Å². The minimum atomic E-state index is 0.813. The maximum Gasteiger partial charge on any atom is 0.0469 e. The van der Waals surface area contributed by atoms with Crippen molar-refractivity contribution in [1.82, 2.24) is 5.32 Å². The molecule has 2 nitrogen and oxygen atoms in total. The number of hydrogen-bond acceptors (Lipinski definition) is 2. The molecule has 0 aromatic heterocycles. The van der Waals surface area contributed by atoms with Crippen molar-refractivity contribution >= 4 is 0 Å². The summed E-state index contributed by atoms with van der Waals surface area (Å²) in [5.74, 6) is 1.92. The highest BCUT2D eigenvalue weighted by Gasteiger charge is 2.36. The average Bonchev–Trinajstić information content (AvgIpc) is 2.77. The Morgan fingerprint density at radius 1 is 0.733 bits per heavy atom. The van der Waals surface area contributed by atoms with Gasteiger partial charge in [0.25, 0.3) is 0 Å². The fraction of sp³-hybridized carbons (Fsp3) is 1.00. The highest BCUT2D eigenvalue weighted by atomic mass is 16.5. The third-order valence-electron chi connectivity index (χ3n) is 4.77. The third-order valence-corrected chi connectivity index (χ3v) is 4.77. The molecule has 1 N–H and O–H groups in total. The van der Waals surface area contributed by atoms with Gasteiger partial charge in [0.05, 0.1) is 0 Å². The molecule has 0 spiro atoms. The van der Waals surface area contributed by atoms with Crippen molar-refractivity contribution < 1.29 is 4.74 Å². The van der Waals surface area contributed by atoms with Gasteiger partial charge in [0, 0.05) is 25.3 Å².